The van der Waals surface area contributed by atoms with Gasteiger partial charge in [-0.15, -0.1) is 4.72 Å². The van der Waals surface area contributed by atoms with Crippen molar-refractivity contribution < 1.29 is 4.55 Å². The van der Waals surface area contributed by atoms with E-state index in [1.54, 1.807) is 18.5 Å². The van der Waals surface area contributed by atoms with Crippen molar-refractivity contribution in [1.82, 2.24) is 19.7 Å². The molecule has 1 saturated heterocycles. The first-order valence-corrected chi connectivity index (χ1v) is 14.3. The van der Waals surface area contributed by atoms with Crippen molar-refractivity contribution in [2.75, 3.05) is 29.5 Å². The molecule has 0 amide bonds. The summed E-state index contributed by atoms with van der Waals surface area (Å²) >= 11 is 6.46. The lowest BCUT2D eigenvalue weighted by molar-refractivity contribution is 0.173. The van der Waals surface area contributed by atoms with Crippen molar-refractivity contribution in [1.29, 1.82) is 0 Å². The van der Waals surface area contributed by atoms with Crippen molar-refractivity contribution in [2.45, 2.75) is 53.8 Å². The lowest BCUT2D eigenvalue weighted by Gasteiger charge is -2.46. The number of aromatic nitrogens is 3. The predicted octanol–water partition coefficient (Wildman–Crippen LogP) is 4.23. The molecule has 0 unspecified atom stereocenters. The van der Waals surface area contributed by atoms with E-state index in [-0.39, 0.29) is 17.3 Å². The van der Waals surface area contributed by atoms with Gasteiger partial charge in [0.1, 0.15) is 16.7 Å². The molecule has 36 heavy (non-hydrogen) atoms. The van der Waals surface area contributed by atoms with Crippen LogP contribution in [0.25, 0.3) is 0 Å². The molecular weight excluding hydrogens is 514 g/mol. The highest BCUT2D eigenvalue weighted by Gasteiger charge is 2.56. The van der Waals surface area contributed by atoms with Crippen molar-refractivity contribution in [2.24, 2.45) is 5.41 Å². The minimum absolute atomic E-state index is 0.0495. The Morgan fingerprint density at radius 2 is 1.94 bits per heavy atom. The zero-order valence-electron chi connectivity index (χ0n) is 20.1. The zero-order chi connectivity index (χ0) is 25.2. The Hall–Kier alpha value is -2.24. The fourth-order valence-corrected chi connectivity index (χ4v) is 8.11. The van der Waals surface area contributed by atoms with E-state index < -0.39 is 16.1 Å². The van der Waals surface area contributed by atoms with Crippen molar-refractivity contribution >= 4 is 52.2 Å². The van der Waals surface area contributed by atoms with Gasteiger partial charge < -0.3 is 20.9 Å². The van der Waals surface area contributed by atoms with Gasteiger partial charge in [0.25, 0.3) is 0 Å². The van der Waals surface area contributed by atoms with Crippen LogP contribution in [0.2, 0.25) is 5.02 Å². The maximum absolute atomic E-state index is 13.2. The lowest BCUT2D eigenvalue weighted by atomic mass is 9.72. The molecule has 0 radical (unpaired) electrons. The van der Waals surface area contributed by atoms with Gasteiger partial charge in [0.15, 0.2) is 10.6 Å². The third-order valence-corrected chi connectivity index (χ3v) is 11.1. The van der Waals surface area contributed by atoms with Gasteiger partial charge in [-0.2, -0.15) is 0 Å². The summed E-state index contributed by atoms with van der Waals surface area (Å²) in [6.07, 6.45) is 6.33. The van der Waals surface area contributed by atoms with Gasteiger partial charge in [0.2, 0.25) is 0 Å². The number of hydrogen-bond acceptors (Lipinski definition) is 9. The van der Waals surface area contributed by atoms with E-state index in [1.807, 2.05) is 0 Å². The number of nitrogen functional groups attached to an aromatic ring is 2. The topological polar surface area (TPSA) is 129 Å². The number of nitrogens with zero attached hydrogens (tertiary/aromatic N) is 4. The Kier molecular flexibility index (Phi) is 5.80. The second-order valence-electron chi connectivity index (χ2n) is 10.3. The normalized spacial score (nSPS) is 23.6. The number of nitrogens with two attached hydrogens (primary N) is 2. The molecule has 1 fully saturated rings. The summed E-state index contributed by atoms with van der Waals surface area (Å²) in [6.45, 7) is 5.81. The molecule has 4 heterocycles. The molecule has 0 saturated carbocycles. The maximum Gasteiger partial charge on any atom is 0.164 e. The molecule has 188 valence electrons. The lowest BCUT2D eigenvalue weighted by Crippen LogP contribution is -2.52. The van der Waals surface area contributed by atoms with E-state index in [0.717, 1.165) is 43.1 Å². The molecule has 3 aliphatic rings. The Balaban J connectivity index is 1.20. The Labute approximate surface area is 222 Å². The first-order chi connectivity index (χ1) is 17.2. The van der Waals surface area contributed by atoms with Crippen LogP contribution in [-0.2, 0) is 22.5 Å². The fraction of sp³-hybridized carbons (Fsp3) is 0.400. The second-order valence-corrected chi connectivity index (χ2v) is 13.5. The summed E-state index contributed by atoms with van der Waals surface area (Å²) in [5.74, 6) is 1.39. The number of anilines is 3. The summed E-state index contributed by atoms with van der Waals surface area (Å²) in [6, 6.07) is 8.41. The van der Waals surface area contributed by atoms with Crippen LogP contribution in [0.4, 0.5) is 17.5 Å². The van der Waals surface area contributed by atoms with E-state index in [9.17, 15) is 4.55 Å². The first-order valence-electron chi connectivity index (χ1n) is 12.0. The SMILES string of the molecule is CC1(C)c2cccc3c2[C@@H](N[S@+]1[O-])C1(CCN(c2cnc(Sc4ccnc(N)c4Cl)c(N)n2)CC1)C3. The highest BCUT2D eigenvalue weighted by molar-refractivity contribution is 7.99. The van der Waals surface area contributed by atoms with Crippen LogP contribution in [0.1, 0.15) is 49.4 Å². The quantitative estimate of drug-likeness (QED) is 0.417. The number of fused-ring (bicyclic) bond motifs is 1. The largest absolute Gasteiger partial charge is 0.597 e. The second kappa shape index (κ2) is 8.66. The van der Waals surface area contributed by atoms with Gasteiger partial charge in [-0.05, 0) is 50.3 Å². The van der Waals surface area contributed by atoms with Gasteiger partial charge in [-0.1, -0.05) is 41.6 Å². The van der Waals surface area contributed by atoms with E-state index in [4.69, 9.17) is 23.1 Å². The van der Waals surface area contributed by atoms with Crippen LogP contribution in [0.15, 0.2) is 46.6 Å². The molecule has 2 aromatic heterocycles. The van der Waals surface area contributed by atoms with Gasteiger partial charge in [0.05, 0.1) is 17.3 Å². The van der Waals surface area contributed by atoms with E-state index in [2.05, 4.69) is 56.6 Å². The number of benzene rings is 1. The van der Waals surface area contributed by atoms with Crippen molar-refractivity contribution in [3.8, 4) is 0 Å². The van der Waals surface area contributed by atoms with Crippen molar-refractivity contribution in [3.05, 3.63) is 58.4 Å². The standard InChI is InChI=1S/C25H28ClN7OS2/c1-24(2)15-5-3-4-14-12-25(20(18(14)15)32-36(24)34)7-10-33(11-8-25)17-13-30-23(22(28)31-17)35-16-6-9-29-21(27)19(16)26/h3-6,9,13,20,32H,7-8,10-12H2,1-2H3,(H2,27,29)(H2,28,31)/t20-,36-/m1/s1. The molecule has 3 aromatic rings. The minimum Gasteiger partial charge on any atom is -0.597 e. The molecule has 1 aromatic carbocycles. The molecule has 2 aliphatic heterocycles. The first kappa shape index (κ1) is 24.1. The minimum atomic E-state index is -1.13. The summed E-state index contributed by atoms with van der Waals surface area (Å²) in [4.78, 5) is 16.2. The van der Waals surface area contributed by atoms with Crippen LogP contribution >= 0.6 is 23.4 Å². The van der Waals surface area contributed by atoms with Crippen LogP contribution in [0, 0.1) is 5.41 Å². The highest BCUT2D eigenvalue weighted by atomic mass is 35.5. The van der Waals surface area contributed by atoms with E-state index in [1.165, 1.54) is 28.5 Å². The van der Waals surface area contributed by atoms with Gasteiger partial charge >= 0.3 is 0 Å². The average molecular weight is 542 g/mol. The third kappa shape index (κ3) is 3.73. The predicted molar refractivity (Wildman–Crippen MR) is 145 cm³/mol. The molecule has 2 atom stereocenters. The van der Waals surface area contributed by atoms with Crippen LogP contribution < -0.4 is 21.1 Å². The highest BCUT2D eigenvalue weighted by Crippen LogP contribution is 2.57. The number of rotatable bonds is 3. The number of hydrogen-bond donors (Lipinski definition) is 3. The Morgan fingerprint density at radius 1 is 1.17 bits per heavy atom. The molecule has 0 bridgehead atoms. The smallest absolute Gasteiger partial charge is 0.164 e. The van der Waals surface area contributed by atoms with Gasteiger partial charge in [-0.3, -0.25) is 0 Å². The number of piperidine rings is 1. The third-order valence-electron chi connectivity index (χ3n) is 7.90. The summed E-state index contributed by atoms with van der Waals surface area (Å²) < 4.78 is 16.3. The van der Waals surface area contributed by atoms with E-state index >= 15 is 0 Å². The molecule has 1 aliphatic carbocycles. The average Bonchev–Trinajstić information content (AvgIpc) is 3.15. The molecule has 6 rings (SSSR count). The number of nitrogens with one attached hydrogen (secondary N) is 1. The summed E-state index contributed by atoms with van der Waals surface area (Å²) in [5.41, 5.74) is 16.1. The van der Waals surface area contributed by atoms with Gasteiger partial charge in [0, 0.05) is 46.5 Å². The molecule has 8 nitrogen and oxygen atoms in total. The van der Waals surface area contributed by atoms with Crippen LogP contribution in [0.3, 0.4) is 0 Å². The number of halogens is 1. The fourth-order valence-electron chi connectivity index (χ4n) is 5.84. The molecule has 5 N–H and O–H groups in total. The van der Waals surface area contributed by atoms with Crippen molar-refractivity contribution in [3.63, 3.8) is 0 Å². The Morgan fingerprint density at radius 3 is 2.69 bits per heavy atom. The summed E-state index contributed by atoms with van der Waals surface area (Å²) in [7, 11) is 0. The Bertz CT molecular complexity index is 1350. The van der Waals surface area contributed by atoms with Crippen LogP contribution in [-0.4, -0.2) is 32.6 Å². The molecule has 1 spiro atoms. The molecular formula is C25H28ClN7OS2. The zero-order valence-corrected chi connectivity index (χ0v) is 22.5. The van der Waals surface area contributed by atoms with Gasteiger partial charge in [-0.25, -0.2) is 15.0 Å². The number of pyridine rings is 1. The summed E-state index contributed by atoms with van der Waals surface area (Å²) in [5, 5.41) is 0.963. The van der Waals surface area contributed by atoms with E-state index in [0.29, 0.717) is 15.9 Å². The molecule has 11 heteroatoms. The van der Waals surface area contributed by atoms with Crippen LogP contribution in [0.5, 0.6) is 0 Å². The maximum atomic E-state index is 13.2. The monoisotopic (exact) mass is 541 g/mol.